The van der Waals surface area contributed by atoms with E-state index in [0.29, 0.717) is 6.07 Å². The van der Waals surface area contributed by atoms with Crippen LogP contribution in [-0.2, 0) is 5.92 Å². The zero-order chi connectivity index (χ0) is 13.4. The SMILES string of the molecule is COc1c(I)cc(N)cc1C(F)(F)C(F)(F)F. The first-order chi connectivity index (χ1) is 7.61. The fraction of sp³-hybridized carbons (Fsp3) is 0.333. The van der Waals surface area contributed by atoms with E-state index in [9.17, 15) is 22.0 Å². The standard InChI is InChI=1S/C9H7F5INO/c1-17-7-5(2-4(16)3-6(7)15)8(10,11)9(12,13)14/h2-3H,16H2,1H3. The molecule has 0 fully saturated rings. The van der Waals surface area contributed by atoms with Crippen LogP contribution in [-0.4, -0.2) is 13.3 Å². The molecule has 0 radical (unpaired) electrons. The molecule has 0 spiro atoms. The molecule has 0 amide bonds. The number of halogens is 6. The van der Waals surface area contributed by atoms with Gasteiger partial charge in [0, 0.05) is 5.69 Å². The highest BCUT2D eigenvalue weighted by Crippen LogP contribution is 2.48. The molecule has 2 N–H and O–H groups in total. The van der Waals surface area contributed by atoms with E-state index in [1.54, 1.807) is 22.6 Å². The molecule has 0 aromatic heterocycles. The van der Waals surface area contributed by atoms with Crippen LogP contribution < -0.4 is 10.5 Å². The normalized spacial score (nSPS) is 12.6. The quantitative estimate of drug-likeness (QED) is 0.493. The average Bonchev–Trinajstić information content (AvgIpc) is 2.14. The van der Waals surface area contributed by atoms with Crippen molar-refractivity contribution in [1.29, 1.82) is 0 Å². The lowest BCUT2D eigenvalue weighted by atomic mass is 10.1. The van der Waals surface area contributed by atoms with Crippen LogP contribution in [0, 0.1) is 3.57 Å². The summed E-state index contributed by atoms with van der Waals surface area (Å²) in [7, 11) is 1.02. The Bertz CT molecular complexity index is 432. The monoisotopic (exact) mass is 367 g/mol. The maximum atomic E-state index is 13.2. The van der Waals surface area contributed by atoms with Crippen molar-refractivity contribution in [3.8, 4) is 5.75 Å². The van der Waals surface area contributed by atoms with Crippen molar-refractivity contribution in [2.45, 2.75) is 12.1 Å². The van der Waals surface area contributed by atoms with Gasteiger partial charge in [-0.3, -0.25) is 0 Å². The first-order valence-electron chi connectivity index (χ1n) is 4.19. The molecule has 0 saturated heterocycles. The molecule has 0 atom stereocenters. The molecule has 0 heterocycles. The number of hydrogen-bond acceptors (Lipinski definition) is 2. The van der Waals surface area contributed by atoms with Crippen LogP contribution >= 0.6 is 22.6 Å². The van der Waals surface area contributed by atoms with Gasteiger partial charge in [-0.05, 0) is 34.7 Å². The largest absolute Gasteiger partial charge is 0.495 e. The van der Waals surface area contributed by atoms with E-state index in [4.69, 9.17) is 5.73 Å². The fourth-order valence-corrected chi connectivity index (χ4v) is 2.08. The summed E-state index contributed by atoms with van der Waals surface area (Å²) in [4.78, 5) is 0. The number of anilines is 1. The van der Waals surface area contributed by atoms with Gasteiger partial charge in [-0.25, -0.2) is 0 Å². The van der Waals surface area contributed by atoms with Crippen LogP contribution in [0.25, 0.3) is 0 Å². The molecule has 8 heteroatoms. The van der Waals surface area contributed by atoms with Gasteiger partial charge in [0.25, 0.3) is 0 Å². The number of hydrogen-bond donors (Lipinski definition) is 1. The second-order valence-corrected chi connectivity index (χ2v) is 4.32. The van der Waals surface area contributed by atoms with Gasteiger partial charge in [0.1, 0.15) is 5.75 Å². The summed E-state index contributed by atoms with van der Waals surface area (Å²) in [6, 6.07) is 1.81. The van der Waals surface area contributed by atoms with E-state index in [2.05, 4.69) is 4.74 Å². The molecular formula is C9H7F5INO. The number of methoxy groups -OCH3 is 1. The smallest absolute Gasteiger partial charge is 0.458 e. The Morgan fingerprint density at radius 2 is 1.71 bits per heavy atom. The molecule has 0 saturated carbocycles. The van der Waals surface area contributed by atoms with E-state index in [1.165, 1.54) is 6.07 Å². The predicted molar refractivity (Wildman–Crippen MR) is 60.1 cm³/mol. The lowest BCUT2D eigenvalue weighted by Gasteiger charge is -2.22. The third-order valence-corrected chi connectivity index (χ3v) is 2.77. The van der Waals surface area contributed by atoms with Gasteiger partial charge in [0.05, 0.1) is 16.2 Å². The van der Waals surface area contributed by atoms with Gasteiger partial charge in [-0.2, -0.15) is 22.0 Å². The van der Waals surface area contributed by atoms with Crippen LogP contribution in [0.5, 0.6) is 5.75 Å². The van der Waals surface area contributed by atoms with Crippen LogP contribution in [0.1, 0.15) is 5.56 Å². The Hall–Kier alpha value is -0.800. The Labute approximate surface area is 107 Å². The Kier molecular flexibility index (Phi) is 3.75. The number of nitrogen functional groups attached to an aromatic ring is 1. The van der Waals surface area contributed by atoms with Gasteiger partial charge in [-0.15, -0.1) is 0 Å². The minimum Gasteiger partial charge on any atom is -0.495 e. The van der Waals surface area contributed by atoms with Crippen molar-refractivity contribution < 1.29 is 26.7 Å². The molecule has 0 bridgehead atoms. The highest BCUT2D eigenvalue weighted by atomic mass is 127. The number of benzene rings is 1. The Balaban J connectivity index is 3.50. The van der Waals surface area contributed by atoms with Gasteiger partial charge in [0.15, 0.2) is 0 Å². The fourth-order valence-electron chi connectivity index (χ4n) is 1.21. The third-order valence-electron chi connectivity index (χ3n) is 1.96. The zero-order valence-electron chi connectivity index (χ0n) is 8.41. The summed E-state index contributed by atoms with van der Waals surface area (Å²) in [5.41, 5.74) is 3.80. The van der Waals surface area contributed by atoms with E-state index in [-0.39, 0.29) is 9.26 Å². The summed E-state index contributed by atoms with van der Waals surface area (Å²) in [5, 5.41) is 0. The van der Waals surface area contributed by atoms with Gasteiger partial charge in [-0.1, -0.05) is 0 Å². The summed E-state index contributed by atoms with van der Waals surface area (Å²) in [6.07, 6.45) is -5.70. The van der Waals surface area contributed by atoms with Crippen LogP contribution in [0.15, 0.2) is 12.1 Å². The molecule has 0 aliphatic rings. The molecule has 0 unspecified atom stereocenters. The van der Waals surface area contributed by atoms with E-state index >= 15 is 0 Å². The van der Waals surface area contributed by atoms with Crippen LogP contribution in [0.3, 0.4) is 0 Å². The molecule has 17 heavy (non-hydrogen) atoms. The zero-order valence-corrected chi connectivity index (χ0v) is 10.6. The van der Waals surface area contributed by atoms with Gasteiger partial charge >= 0.3 is 12.1 Å². The van der Waals surface area contributed by atoms with Crippen molar-refractivity contribution in [3.05, 3.63) is 21.3 Å². The van der Waals surface area contributed by atoms with Crippen molar-refractivity contribution in [1.82, 2.24) is 0 Å². The van der Waals surface area contributed by atoms with Gasteiger partial charge in [0.2, 0.25) is 0 Å². The molecular weight excluding hydrogens is 360 g/mol. The minimum atomic E-state index is -5.70. The second-order valence-electron chi connectivity index (χ2n) is 3.16. The number of nitrogens with two attached hydrogens (primary N) is 1. The van der Waals surface area contributed by atoms with Gasteiger partial charge < -0.3 is 10.5 Å². The number of rotatable bonds is 2. The number of ether oxygens (including phenoxy) is 1. The van der Waals surface area contributed by atoms with Crippen molar-refractivity contribution >= 4 is 28.3 Å². The van der Waals surface area contributed by atoms with E-state index in [1.807, 2.05) is 0 Å². The summed E-state index contributed by atoms with van der Waals surface area (Å²) in [6.45, 7) is 0. The average molecular weight is 367 g/mol. The molecule has 1 aromatic rings. The molecule has 1 rings (SSSR count). The Morgan fingerprint density at radius 3 is 2.12 bits per heavy atom. The lowest BCUT2D eigenvalue weighted by Crippen LogP contribution is -2.34. The minimum absolute atomic E-state index is 0.0871. The van der Waals surface area contributed by atoms with Crippen LogP contribution in [0.2, 0.25) is 0 Å². The topological polar surface area (TPSA) is 35.2 Å². The summed E-state index contributed by atoms with van der Waals surface area (Å²) in [5.74, 6) is -5.53. The number of alkyl halides is 5. The maximum absolute atomic E-state index is 13.2. The maximum Gasteiger partial charge on any atom is 0.458 e. The van der Waals surface area contributed by atoms with Crippen LogP contribution in [0.4, 0.5) is 27.6 Å². The summed E-state index contributed by atoms with van der Waals surface area (Å²) >= 11 is 1.57. The molecule has 1 aromatic carbocycles. The highest BCUT2D eigenvalue weighted by molar-refractivity contribution is 14.1. The van der Waals surface area contributed by atoms with Crippen molar-refractivity contribution in [2.24, 2.45) is 0 Å². The molecule has 0 aliphatic heterocycles. The van der Waals surface area contributed by atoms with Crippen molar-refractivity contribution in [2.75, 3.05) is 12.8 Å². The van der Waals surface area contributed by atoms with Crippen molar-refractivity contribution in [3.63, 3.8) is 0 Å². The van der Waals surface area contributed by atoms with E-state index in [0.717, 1.165) is 7.11 Å². The first-order valence-corrected chi connectivity index (χ1v) is 5.27. The highest BCUT2D eigenvalue weighted by Gasteiger charge is 2.60. The van der Waals surface area contributed by atoms with E-state index < -0.39 is 23.4 Å². The second kappa shape index (κ2) is 4.46. The first kappa shape index (κ1) is 14.3. The lowest BCUT2D eigenvalue weighted by molar-refractivity contribution is -0.289. The molecule has 0 aliphatic carbocycles. The Morgan fingerprint density at radius 1 is 1.18 bits per heavy atom. The third kappa shape index (κ3) is 2.55. The predicted octanol–water partition coefficient (Wildman–Crippen LogP) is 3.54. The summed E-state index contributed by atoms with van der Waals surface area (Å²) < 4.78 is 67.8. The molecule has 96 valence electrons. The molecule has 2 nitrogen and oxygen atoms in total.